The predicted molar refractivity (Wildman–Crippen MR) is 95.8 cm³/mol. The summed E-state index contributed by atoms with van der Waals surface area (Å²) in [7, 11) is 1.37. The maximum absolute atomic E-state index is 11.6. The van der Waals surface area contributed by atoms with E-state index in [0.29, 0.717) is 23.2 Å². The number of carbonyl (C=O) groups excluding carboxylic acids is 1. The first-order valence-corrected chi connectivity index (χ1v) is 8.03. The Balaban J connectivity index is 2.12. The molecule has 2 aromatic rings. The molecule has 0 amide bonds. The molecule has 0 aliphatic carbocycles. The van der Waals surface area contributed by atoms with Crippen LogP contribution in [-0.4, -0.2) is 29.6 Å². The van der Waals surface area contributed by atoms with Gasteiger partial charge in [-0.25, -0.2) is 9.78 Å². The topological polar surface area (TPSA) is 76.1 Å². The van der Waals surface area contributed by atoms with Crippen LogP contribution in [0.4, 0.5) is 17.5 Å². The Hall–Kier alpha value is -2.63. The van der Waals surface area contributed by atoms with Gasteiger partial charge >= 0.3 is 5.97 Å². The van der Waals surface area contributed by atoms with Gasteiger partial charge in [0.05, 0.1) is 12.7 Å². The fourth-order valence-corrected chi connectivity index (χ4v) is 2.17. The van der Waals surface area contributed by atoms with E-state index in [-0.39, 0.29) is 5.97 Å². The van der Waals surface area contributed by atoms with E-state index in [4.69, 9.17) is 4.74 Å². The number of esters is 1. The molecular formula is C18H24N4O2. The number of nitrogens with zero attached hydrogens (tertiary/aromatic N) is 2. The van der Waals surface area contributed by atoms with Crippen LogP contribution in [0.1, 0.15) is 36.3 Å². The molecule has 0 saturated heterocycles. The van der Waals surface area contributed by atoms with Gasteiger partial charge in [0.2, 0.25) is 5.95 Å². The van der Waals surface area contributed by atoms with Crippen molar-refractivity contribution in [2.45, 2.75) is 27.2 Å². The van der Waals surface area contributed by atoms with Crippen molar-refractivity contribution in [3.63, 3.8) is 0 Å². The zero-order chi connectivity index (χ0) is 17.5. The average molecular weight is 328 g/mol. The highest BCUT2D eigenvalue weighted by atomic mass is 16.5. The Labute approximate surface area is 142 Å². The first-order valence-electron chi connectivity index (χ1n) is 8.03. The number of benzene rings is 1. The molecule has 0 bridgehead atoms. The summed E-state index contributed by atoms with van der Waals surface area (Å²) in [6.07, 6.45) is 1.06. The lowest BCUT2D eigenvalue weighted by Gasteiger charge is -2.11. The smallest absolute Gasteiger partial charge is 0.337 e. The molecule has 2 N–H and O–H groups in total. The van der Waals surface area contributed by atoms with E-state index in [0.717, 1.165) is 24.3 Å². The Morgan fingerprint density at radius 3 is 2.75 bits per heavy atom. The van der Waals surface area contributed by atoms with Crippen molar-refractivity contribution in [1.29, 1.82) is 0 Å². The normalized spacial score (nSPS) is 10.5. The lowest BCUT2D eigenvalue weighted by molar-refractivity contribution is 0.0601. The summed E-state index contributed by atoms with van der Waals surface area (Å²) < 4.78 is 4.74. The van der Waals surface area contributed by atoms with Gasteiger partial charge in [-0.15, -0.1) is 0 Å². The number of carbonyl (C=O) groups is 1. The molecular weight excluding hydrogens is 304 g/mol. The first-order chi connectivity index (χ1) is 11.5. The minimum absolute atomic E-state index is 0.367. The van der Waals surface area contributed by atoms with Crippen molar-refractivity contribution in [3.8, 4) is 0 Å². The lowest BCUT2D eigenvalue weighted by atomic mass is 10.1. The highest BCUT2D eigenvalue weighted by Crippen LogP contribution is 2.18. The molecule has 6 heteroatoms. The van der Waals surface area contributed by atoms with Crippen LogP contribution in [0.25, 0.3) is 0 Å². The highest BCUT2D eigenvalue weighted by Gasteiger charge is 2.07. The first kappa shape index (κ1) is 17.7. The van der Waals surface area contributed by atoms with Crippen molar-refractivity contribution >= 4 is 23.4 Å². The molecule has 0 radical (unpaired) electrons. The molecule has 0 spiro atoms. The SMILES string of the molecule is COC(=O)c1cccc(Nc2cc(C)nc(NCCC(C)C)n2)c1. The standard InChI is InChI=1S/C18H24N4O2/c1-12(2)8-9-19-18-20-13(3)10-16(22-18)21-15-7-5-6-14(11-15)17(23)24-4/h5-7,10-12H,8-9H2,1-4H3,(H2,19,20,21,22). The quantitative estimate of drug-likeness (QED) is 0.753. The maximum Gasteiger partial charge on any atom is 0.337 e. The van der Waals surface area contributed by atoms with Gasteiger partial charge in [-0.1, -0.05) is 19.9 Å². The third-order valence-electron chi connectivity index (χ3n) is 3.42. The summed E-state index contributed by atoms with van der Waals surface area (Å²) in [5, 5.41) is 6.45. The van der Waals surface area contributed by atoms with Crippen molar-refractivity contribution in [2.75, 3.05) is 24.3 Å². The highest BCUT2D eigenvalue weighted by molar-refractivity contribution is 5.90. The zero-order valence-electron chi connectivity index (χ0n) is 14.6. The molecule has 1 heterocycles. The van der Waals surface area contributed by atoms with Crippen LogP contribution < -0.4 is 10.6 Å². The van der Waals surface area contributed by atoms with Crippen molar-refractivity contribution in [3.05, 3.63) is 41.6 Å². The van der Waals surface area contributed by atoms with E-state index >= 15 is 0 Å². The molecule has 1 aromatic heterocycles. The fraction of sp³-hybridized carbons (Fsp3) is 0.389. The number of hydrogen-bond acceptors (Lipinski definition) is 6. The number of methoxy groups -OCH3 is 1. The van der Waals surface area contributed by atoms with E-state index in [1.165, 1.54) is 7.11 Å². The summed E-state index contributed by atoms with van der Waals surface area (Å²) in [6.45, 7) is 7.11. The molecule has 0 aliphatic heterocycles. The minimum Gasteiger partial charge on any atom is -0.465 e. The largest absolute Gasteiger partial charge is 0.465 e. The van der Waals surface area contributed by atoms with Crippen LogP contribution in [0.15, 0.2) is 30.3 Å². The van der Waals surface area contributed by atoms with Gasteiger partial charge in [0.25, 0.3) is 0 Å². The Morgan fingerprint density at radius 2 is 2.04 bits per heavy atom. The van der Waals surface area contributed by atoms with E-state index < -0.39 is 0 Å². The molecule has 0 atom stereocenters. The van der Waals surface area contributed by atoms with Crippen LogP contribution in [0.2, 0.25) is 0 Å². The van der Waals surface area contributed by atoms with E-state index in [1.54, 1.807) is 18.2 Å². The molecule has 24 heavy (non-hydrogen) atoms. The number of aromatic nitrogens is 2. The molecule has 2 rings (SSSR count). The van der Waals surface area contributed by atoms with Crippen LogP contribution in [0.3, 0.4) is 0 Å². The van der Waals surface area contributed by atoms with Crippen LogP contribution in [-0.2, 0) is 4.74 Å². The van der Waals surface area contributed by atoms with Crippen molar-refractivity contribution < 1.29 is 9.53 Å². The number of nitrogens with one attached hydrogen (secondary N) is 2. The number of rotatable bonds is 7. The minimum atomic E-state index is -0.367. The maximum atomic E-state index is 11.6. The number of hydrogen-bond donors (Lipinski definition) is 2. The van der Waals surface area contributed by atoms with Gasteiger partial charge in [-0.05, 0) is 37.5 Å². The molecule has 0 fully saturated rings. The predicted octanol–water partition coefficient (Wildman–Crippen LogP) is 3.77. The third-order valence-corrected chi connectivity index (χ3v) is 3.42. The van der Waals surface area contributed by atoms with Gasteiger partial charge in [-0.2, -0.15) is 4.98 Å². The Bertz CT molecular complexity index is 701. The summed E-state index contributed by atoms with van der Waals surface area (Å²) in [5.74, 6) is 1.54. The Morgan fingerprint density at radius 1 is 1.25 bits per heavy atom. The zero-order valence-corrected chi connectivity index (χ0v) is 14.6. The van der Waals surface area contributed by atoms with E-state index in [9.17, 15) is 4.79 Å². The molecule has 0 aliphatic rings. The van der Waals surface area contributed by atoms with E-state index in [2.05, 4.69) is 34.4 Å². The molecule has 128 valence electrons. The van der Waals surface area contributed by atoms with Crippen molar-refractivity contribution in [1.82, 2.24) is 9.97 Å². The summed E-state index contributed by atoms with van der Waals surface area (Å²) in [5.41, 5.74) is 2.12. The summed E-state index contributed by atoms with van der Waals surface area (Å²) in [6, 6.07) is 8.97. The van der Waals surface area contributed by atoms with Gasteiger partial charge < -0.3 is 15.4 Å². The monoisotopic (exact) mass is 328 g/mol. The van der Waals surface area contributed by atoms with Gasteiger partial charge in [0.1, 0.15) is 5.82 Å². The second kappa shape index (κ2) is 8.29. The summed E-state index contributed by atoms with van der Waals surface area (Å²) >= 11 is 0. The fourth-order valence-electron chi connectivity index (χ4n) is 2.17. The number of ether oxygens (including phenoxy) is 1. The average Bonchev–Trinajstić information content (AvgIpc) is 2.53. The molecule has 0 unspecified atom stereocenters. The third kappa shape index (κ3) is 5.22. The van der Waals surface area contributed by atoms with E-state index in [1.807, 2.05) is 19.1 Å². The number of aryl methyl sites for hydroxylation is 1. The molecule has 1 aromatic carbocycles. The van der Waals surface area contributed by atoms with Gasteiger partial charge in [0, 0.05) is 24.0 Å². The van der Waals surface area contributed by atoms with Crippen molar-refractivity contribution in [2.24, 2.45) is 5.92 Å². The lowest BCUT2D eigenvalue weighted by Crippen LogP contribution is -2.09. The molecule has 6 nitrogen and oxygen atoms in total. The second-order valence-corrected chi connectivity index (χ2v) is 6.02. The van der Waals surface area contributed by atoms with Crippen LogP contribution in [0.5, 0.6) is 0 Å². The summed E-state index contributed by atoms with van der Waals surface area (Å²) in [4.78, 5) is 20.5. The second-order valence-electron chi connectivity index (χ2n) is 6.02. The Kier molecular flexibility index (Phi) is 6.12. The van der Waals surface area contributed by atoms with Crippen LogP contribution in [0, 0.1) is 12.8 Å². The van der Waals surface area contributed by atoms with Gasteiger partial charge in [0.15, 0.2) is 0 Å². The molecule has 0 saturated carbocycles. The number of anilines is 3. The van der Waals surface area contributed by atoms with Gasteiger partial charge in [-0.3, -0.25) is 0 Å². The van der Waals surface area contributed by atoms with Crippen LogP contribution >= 0.6 is 0 Å².